The van der Waals surface area contributed by atoms with Gasteiger partial charge in [0.05, 0.1) is 19.3 Å². The first-order valence-electron chi connectivity index (χ1n) is 8.24. The zero-order valence-electron chi connectivity index (χ0n) is 13.8. The molecule has 0 heterocycles. The van der Waals surface area contributed by atoms with Gasteiger partial charge in [0.1, 0.15) is 5.54 Å². The molecule has 0 radical (unpaired) electrons. The number of hydrogen-bond donors (Lipinski definition) is 2. The average molecular weight is 300 g/mol. The maximum absolute atomic E-state index is 11.9. The van der Waals surface area contributed by atoms with E-state index in [2.05, 4.69) is 26.1 Å². The highest BCUT2D eigenvalue weighted by Crippen LogP contribution is 2.30. The molecule has 0 aromatic heterocycles. The maximum Gasteiger partial charge on any atom is 0.237 e. The van der Waals surface area contributed by atoms with Crippen LogP contribution in [0.3, 0.4) is 0 Å². The molecule has 0 aromatic rings. The largest absolute Gasteiger partial charge is 0.379 e. The van der Waals surface area contributed by atoms with Gasteiger partial charge < -0.3 is 20.5 Å². The molecule has 1 aliphatic carbocycles. The minimum atomic E-state index is -0.586. The summed E-state index contributed by atoms with van der Waals surface area (Å²) in [6.45, 7) is 9.11. The van der Waals surface area contributed by atoms with Gasteiger partial charge in [-0.25, -0.2) is 0 Å². The van der Waals surface area contributed by atoms with E-state index in [0.717, 1.165) is 38.8 Å². The third kappa shape index (κ3) is 6.32. The van der Waals surface area contributed by atoms with Crippen molar-refractivity contribution in [3.8, 4) is 0 Å². The highest BCUT2D eigenvalue weighted by Gasteiger charge is 2.41. The molecular formula is C16H32N2O3. The fourth-order valence-corrected chi connectivity index (χ4v) is 2.80. The lowest BCUT2D eigenvalue weighted by molar-refractivity contribution is -0.128. The number of amides is 1. The fourth-order valence-electron chi connectivity index (χ4n) is 2.80. The highest BCUT2D eigenvalue weighted by atomic mass is 16.5. The van der Waals surface area contributed by atoms with Gasteiger partial charge in [0.25, 0.3) is 0 Å². The quantitative estimate of drug-likeness (QED) is 0.604. The number of hydrogen-bond acceptors (Lipinski definition) is 4. The number of rotatable bonds is 10. The summed E-state index contributed by atoms with van der Waals surface area (Å²) in [4.78, 5) is 11.9. The van der Waals surface area contributed by atoms with Crippen molar-refractivity contribution in [3.63, 3.8) is 0 Å². The fraction of sp³-hybridized carbons (Fsp3) is 0.938. The molecule has 3 N–H and O–H groups in total. The number of ether oxygens (including phenoxy) is 2. The average Bonchev–Trinajstić information content (AvgIpc) is 2.44. The van der Waals surface area contributed by atoms with Crippen LogP contribution in [-0.4, -0.2) is 43.9 Å². The number of nitrogens with one attached hydrogen (secondary N) is 1. The molecule has 2 atom stereocenters. The molecule has 0 aliphatic heterocycles. The van der Waals surface area contributed by atoms with Crippen LogP contribution in [0.1, 0.15) is 52.9 Å². The Bertz CT molecular complexity index is 310. The van der Waals surface area contributed by atoms with Crippen LogP contribution in [0.4, 0.5) is 0 Å². The van der Waals surface area contributed by atoms with Gasteiger partial charge in [-0.3, -0.25) is 4.79 Å². The van der Waals surface area contributed by atoms with E-state index in [-0.39, 0.29) is 12.0 Å². The van der Waals surface area contributed by atoms with E-state index in [1.807, 2.05) is 0 Å². The van der Waals surface area contributed by atoms with Gasteiger partial charge in [-0.05, 0) is 38.1 Å². The number of carbonyl (C=O) groups is 1. The molecule has 2 unspecified atom stereocenters. The van der Waals surface area contributed by atoms with Gasteiger partial charge in [-0.1, -0.05) is 20.8 Å². The minimum Gasteiger partial charge on any atom is -0.379 e. The predicted octanol–water partition coefficient (Wildman–Crippen LogP) is 1.84. The second-order valence-electron chi connectivity index (χ2n) is 6.43. The van der Waals surface area contributed by atoms with Crippen molar-refractivity contribution in [2.24, 2.45) is 11.7 Å². The lowest BCUT2D eigenvalue weighted by Crippen LogP contribution is -2.59. The van der Waals surface area contributed by atoms with Crippen LogP contribution in [-0.2, 0) is 14.3 Å². The summed E-state index contributed by atoms with van der Waals surface area (Å²) >= 11 is 0. The third-order valence-electron chi connectivity index (χ3n) is 3.92. The lowest BCUT2D eigenvalue weighted by Gasteiger charge is -2.39. The summed E-state index contributed by atoms with van der Waals surface area (Å²) in [6, 6.07) is 0. The molecule has 5 heteroatoms. The van der Waals surface area contributed by atoms with Crippen LogP contribution < -0.4 is 11.1 Å². The van der Waals surface area contributed by atoms with Crippen molar-refractivity contribution in [2.45, 2.75) is 64.5 Å². The Balaban J connectivity index is 2.37. The van der Waals surface area contributed by atoms with Crippen LogP contribution >= 0.6 is 0 Å². The van der Waals surface area contributed by atoms with Crippen LogP contribution in [0, 0.1) is 5.92 Å². The Labute approximate surface area is 128 Å². The number of nitrogens with two attached hydrogens (primary N) is 1. The Morgan fingerprint density at radius 1 is 1.43 bits per heavy atom. The topological polar surface area (TPSA) is 73.6 Å². The van der Waals surface area contributed by atoms with Crippen LogP contribution in [0.2, 0.25) is 0 Å². The normalized spacial score (nSPS) is 26.2. The van der Waals surface area contributed by atoms with Crippen LogP contribution in [0.15, 0.2) is 0 Å². The molecule has 1 saturated carbocycles. The summed E-state index contributed by atoms with van der Waals surface area (Å²) in [5.41, 5.74) is 5.05. The van der Waals surface area contributed by atoms with Crippen LogP contribution in [0.25, 0.3) is 0 Å². The first-order chi connectivity index (χ1) is 10.00. The first-order valence-corrected chi connectivity index (χ1v) is 8.24. The zero-order chi connectivity index (χ0) is 15.7. The summed E-state index contributed by atoms with van der Waals surface area (Å²) < 4.78 is 11.4. The molecule has 1 aliphatic rings. The Hall–Kier alpha value is -0.650. The first kappa shape index (κ1) is 18.4. The SMILES string of the molecule is CCCNC1(C(N)=O)CCCC(OCCOCC(C)C)C1. The van der Waals surface area contributed by atoms with Gasteiger partial charge in [0, 0.05) is 13.0 Å². The molecule has 0 spiro atoms. The van der Waals surface area contributed by atoms with Crippen LogP contribution in [0.5, 0.6) is 0 Å². The van der Waals surface area contributed by atoms with Crippen molar-refractivity contribution in [1.82, 2.24) is 5.32 Å². The summed E-state index contributed by atoms with van der Waals surface area (Å²) in [5, 5.41) is 3.34. The van der Waals surface area contributed by atoms with Crippen molar-refractivity contribution >= 4 is 5.91 Å². The Morgan fingerprint density at radius 2 is 2.19 bits per heavy atom. The number of carbonyl (C=O) groups excluding carboxylic acids is 1. The predicted molar refractivity (Wildman–Crippen MR) is 84.1 cm³/mol. The van der Waals surface area contributed by atoms with E-state index in [1.54, 1.807) is 0 Å². The van der Waals surface area contributed by atoms with Gasteiger partial charge in [0.2, 0.25) is 5.91 Å². The monoisotopic (exact) mass is 300 g/mol. The Kier molecular flexibility index (Phi) is 8.22. The number of primary amides is 1. The molecule has 21 heavy (non-hydrogen) atoms. The van der Waals surface area contributed by atoms with E-state index >= 15 is 0 Å². The van der Waals surface area contributed by atoms with Gasteiger partial charge in [-0.15, -0.1) is 0 Å². The second-order valence-corrected chi connectivity index (χ2v) is 6.43. The molecule has 1 rings (SSSR count). The Morgan fingerprint density at radius 3 is 2.81 bits per heavy atom. The van der Waals surface area contributed by atoms with Gasteiger partial charge in [0.15, 0.2) is 0 Å². The summed E-state index contributed by atoms with van der Waals surface area (Å²) in [5.74, 6) is 0.292. The molecule has 124 valence electrons. The highest BCUT2D eigenvalue weighted by molar-refractivity contribution is 5.84. The smallest absolute Gasteiger partial charge is 0.237 e. The summed E-state index contributed by atoms with van der Waals surface area (Å²) in [7, 11) is 0. The maximum atomic E-state index is 11.9. The third-order valence-corrected chi connectivity index (χ3v) is 3.92. The molecule has 1 amide bonds. The minimum absolute atomic E-state index is 0.0956. The van der Waals surface area contributed by atoms with Crippen molar-refractivity contribution in [1.29, 1.82) is 0 Å². The van der Waals surface area contributed by atoms with E-state index in [9.17, 15) is 4.79 Å². The second kappa shape index (κ2) is 9.38. The molecule has 0 bridgehead atoms. The van der Waals surface area contributed by atoms with E-state index < -0.39 is 5.54 Å². The van der Waals surface area contributed by atoms with Gasteiger partial charge >= 0.3 is 0 Å². The van der Waals surface area contributed by atoms with E-state index in [1.165, 1.54) is 0 Å². The van der Waals surface area contributed by atoms with Gasteiger partial charge in [-0.2, -0.15) is 0 Å². The molecular weight excluding hydrogens is 268 g/mol. The summed E-state index contributed by atoms with van der Waals surface area (Å²) in [6.07, 6.45) is 4.53. The zero-order valence-corrected chi connectivity index (χ0v) is 13.8. The van der Waals surface area contributed by atoms with E-state index in [4.69, 9.17) is 15.2 Å². The van der Waals surface area contributed by atoms with Crippen molar-refractivity contribution in [3.05, 3.63) is 0 Å². The standard InChI is InChI=1S/C16H32N2O3/c1-4-8-18-16(15(17)19)7-5-6-14(11-16)21-10-9-20-12-13(2)3/h13-14,18H,4-12H2,1-3H3,(H2,17,19). The van der Waals surface area contributed by atoms with E-state index in [0.29, 0.717) is 25.6 Å². The molecule has 0 aromatic carbocycles. The lowest BCUT2D eigenvalue weighted by atomic mass is 9.79. The molecule has 0 saturated heterocycles. The molecule has 1 fully saturated rings. The van der Waals surface area contributed by atoms with Crippen molar-refractivity contribution < 1.29 is 14.3 Å². The van der Waals surface area contributed by atoms with Crippen molar-refractivity contribution in [2.75, 3.05) is 26.4 Å². The molecule has 5 nitrogen and oxygen atoms in total.